The summed E-state index contributed by atoms with van der Waals surface area (Å²) < 4.78 is 10.6. The number of methoxy groups -OCH3 is 2. The molecule has 3 rings (SSSR count). The minimum atomic E-state index is -0.503. The van der Waals surface area contributed by atoms with Crippen molar-refractivity contribution in [1.82, 2.24) is 10.2 Å². The number of non-ortho nitro benzene ring substituents is 1. The standard InChI is InChI=1S/C20H17N3O5S/c1-27-15-7-9-19(28-2)16(11-15)17-8-10-20(22-21-17)29-12-18(24)13-3-5-14(6-4-13)23(25)26/h3-11H,12H2,1-2H3. The van der Waals surface area contributed by atoms with Gasteiger partial charge in [-0.25, -0.2) is 0 Å². The number of carbonyl (C=O) groups excluding carboxylic acids is 1. The van der Waals surface area contributed by atoms with Crippen molar-refractivity contribution >= 4 is 23.2 Å². The molecular formula is C20H17N3O5S. The first-order valence-electron chi connectivity index (χ1n) is 8.48. The molecule has 0 aliphatic carbocycles. The topological polar surface area (TPSA) is 104 Å². The molecule has 0 unspecified atom stereocenters. The Balaban J connectivity index is 1.68. The van der Waals surface area contributed by atoms with Crippen molar-refractivity contribution in [3.63, 3.8) is 0 Å². The largest absolute Gasteiger partial charge is 0.497 e. The molecule has 0 N–H and O–H groups in total. The van der Waals surface area contributed by atoms with Crippen LogP contribution in [0.5, 0.6) is 11.5 Å². The van der Waals surface area contributed by atoms with Crippen LogP contribution in [0.3, 0.4) is 0 Å². The van der Waals surface area contributed by atoms with E-state index < -0.39 is 4.92 Å². The third kappa shape index (κ3) is 4.88. The summed E-state index contributed by atoms with van der Waals surface area (Å²) in [7, 11) is 3.16. The van der Waals surface area contributed by atoms with Crippen molar-refractivity contribution in [3.05, 3.63) is 70.3 Å². The average molecular weight is 411 g/mol. The Morgan fingerprint density at radius 1 is 1.03 bits per heavy atom. The Kier molecular flexibility index (Phi) is 6.40. The molecule has 1 heterocycles. The quantitative estimate of drug-likeness (QED) is 0.237. The Labute approximate surface area is 171 Å². The molecule has 2 aromatic carbocycles. The van der Waals surface area contributed by atoms with Crippen LogP contribution in [-0.4, -0.2) is 40.9 Å². The molecule has 0 aliphatic rings. The van der Waals surface area contributed by atoms with Gasteiger partial charge in [0, 0.05) is 23.3 Å². The molecule has 148 valence electrons. The first-order valence-corrected chi connectivity index (χ1v) is 9.47. The number of Topliss-reactive ketones (excluding diaryl/α,β-unsaturated/α-hetero) is 1. The smallest absolute Gasteiger partial charge is 0.269 e. The zero-order chi connectivity index (χ0) is 20.8. The van der Waals surface area contributed by atoms with E-state index >= 15 is 0 Å². The van der Waals surface area contributed by atoms with Crippen molar-refractivity contribution in [2.24, 2.45) is 0 Å². The molecule has 0 radical (unpaired) electrons. The van der Waals surface area contributed by atoms with Gasteiger partial charge in [-0.15, -0.1) is 10.2 Å². The fraction of sp³-hybridized carbons (Fsp3) is 0.150. The molecule has 1 aromatic heterocycles. The van der Waals surface area contributed by atoms with Crippen molar-refractivity contribution in [2.45, 2.75) is 5.03 Å². The first-order chi connectivity index (χ1) is 14.0. The summed E-state index contributed by atoms with van der Waals surface area (Å²) >= 11 is 1.24. The summed E-state index contributed by atoms with van der Waals surface area (Å²) in [6.45, 7) is 0. The van der Waals surface area contributed by atoms with Crippen LogP contribution >= 0.6 is 11.8 Å². The lowest BCUT2D eigenvalue weighted by molar-refractivity contribution is -0.384. The zero-order valence-electron chi connectivity index (χ0n) is 15.7. The maximum absolute atomic E-state index is 12.3. The third-order valence-corrected chi connectivity index (χ3v) is 4.99. The van der Waals surface area contributed by atoms with Crippen molar-refractivity contribution in [1.29, 1.82) is 0 Å². The number of thioether (sulfide) groups is 1. The highest BCUT2D eigenvalue weighted by atomic mass is 32.2. The second-order valence-electron chi connectivity index (χ2n) is 5.84. The molecule has 9 heteroatoms. The number of ketones is 1. The van der Waals surface area contributed by atoms with Gasteiger partial charge in [0.2, 0.25) is 0 Å². The number of nitro benzene ring substituents is 1. The number of nitro groups is 1. The van der Waals surface area contributed by atoms with E-state index in [0.717, 1.165) is 5.56 Å². The van der Waals surface area contributed by atoms with Gasteiger partial charge < -0.3 is 9.47 Å². The maximum atomic E-state index is 12.3. The molecule has 0 saturated carbocycles. The van der Waals surface area contributed by atoms with Crippen LogP contribution in [0.4, 0.5) is 5.69 Å². The van der Waals surface area contributed by atoms with Gasteiger partial charge in [0.15, 0.2) is 5.78 Å². The zero-order valence-corrected chi connectivity index (χ0v) is 16.5. The van der Waals surface area contributed by atoms with Crippen LogP contribution in [-0.2, 0) is 0 Å². The molecule has 0 amide bonds. The van der Waals surface area contributed by atoms with Crippen LogP contribution in [0.15, 0.2) is 59.6 Å². The molecule has 8 nitrogen and oxygen atoms in total. The Morgan fingerprint density at radius 2 is 1.79 bits per heavy atom. The number of carbonyl (C=O) groups is 1. The van der Waals surface area contributed by atoms with Crippen molar-refractivity contribution in [3.8, 4) is 22.8 Å². The van der Waals surface area contributed by atoms with Gasteiger partial charge in [0.05, 0.1) is 30.6 Å². The fourth-order valence-corrected chi connectivity index (χ4v) is 3.26. The third-order valence-electron chi connectivity index (χ3n) is 4.07. The van der Waals surface area contributed by atoms with Gasteiger partial charge in [-0.05, 0) is 42.5 Å². The lowest BCUT2D eigenvalue weighted by atomic mass is 10.1. The normalized spacial score (nSPS) is 10.4. The van der Waals surface area contributed by atoms with Crippen LogP contribution in [0.1, 0.15) is 10.4 Å². The van der Waals surface area contributed by atoms with Gasteiger partial charge in [-0.2, -0.15) is 0 Å². The summed E-state index contributed by atoms with van der Waals surface area (Å²) in [4.78, 5) is 22.5. The molecule has 0 aliphatic heterocycles. The maximum Gasteiger partial charge on any atom is 0.269 e. The molecule has 0 spiro atoms. The second-order valence-corrected chi connectivity index (χ2v) is 6.83. The van der Waals surface area contributed by atoms with E-state index in [2.05, 4.69) is 10.2 Å². The number of benzene rings is 2. The van der Waals surface area contributed by atoms with Gasteiger partial charge in [0.1, 0.15) is 16.5 Å². The van der Waals surface area contributed by atoms with Crippen LogP contribution in [0.2, 0.25) is 0 Å². The highest BCUT2D eigenvalue weighted by Gasteiger charge is 2.12. The summed E-state index contributed by atoms with van der Waals surface area (Å²) in [6.07, 6.45) is 0. The van der Waals surface area contributed by atoms with E-state index in [4.69, 9.17) is 9.47 Å². The molecule has 29 heavy (non-hydrogen) atoms. The highest BCUT2D eigenvalue weighted by Crippen LogP contribution is 2.32. The lowest BCUT2D eigenvalue weighted by Gasteiger charge is -2.09. The van der Waals surface area contributed by atoms with E-state index in [1.807, 2.05) is 6.07 Å². The minimum absolute atomic E-state index is 0.0522. The minimum Gasteiger partial charge on any atom is -0.497 e. The average Bonchev–Trinajstić information content (AvgIpc) is 2.77. The van der Waals surface area contributed by atoms with Crippen LogP contribution < -0.4 is 9.47 Å². The molecule has 0 atom stereocenters. The van der Waals surface area contributed by atoms with Crippen molar-refractivity contribution < 1.29 is 19.2 Å². The van der Waals surface area contributed by atoms with E-state index in [0.29, 0.717) is 27.8 Å². The number of rotatable bonds is 8. The van der Waals surface area contributed by atoms with Crippen LogP contribution in [0, 0.1) is 10.1 Å². The molecule has 3 aromatic rings. The van der Waals surface area contributed by atoms with Gasteiger partial charge in [0.25, 0.3) is 5.69 Å². The lowest BCUT2D eigenvalue weighted by Crippen LogP contribution is -2.03. The molecule has 0 fully saturated rings. The summed E-state index contributed by atoms with van der Waals surface area (Å²) in [5.41, 5.74) is 1.72. The molecule has 0 bridgehead atoms. The van der Waals surface area contributed by atoms with E-state index in [9.17, 15) is 14.9 Å². The van der Waals surface area contributed by atoms with Gasteiger partial charge >= 0.3 is 0 Å². The summed E-state index contributed by atoms with van der Waals surface area (Å²) in [5, 5.41) is 19.7. The summed E-state index contributed by atoms with van der Waals surface area (Å²) in [5.74, 6) is 1.32. The first kappa shape index (κ1) is 20.3. The number of aromatic nitrogens is 2. The van der Waals surface area contributed by atoms with Gasteiger partial charge in [-0.3, -0.25) is 14.9 Å². The predicted molar refractivity (Wildman–Crippen MR) is 109 cm³/mol. The Hall–Kier alpha value is -3.46. The fourth-order valence-electron chi connectivity index (χ4n) is 2.55. The number of hydrogen-bond acceptors (Lipinski definition) is 8. The Bertz CT molecular complexity index is 1020. The van der Waals surface area contributed by atoms with E-state index in [-0.39, 0.29) is 17.2 Å². The predicted octanol–water partition coefficient (Wildman–Crippen LogP) is 4.04. The molecular weight excluding hydrogens is 394 g/mol. The van der Waals surface area contributed by atoms with Crippen LogP contribution in [0.25, 0.3) is 11.3 Å². The number of ether oxygens (including phenoxy) is 2. The van der Waals surface area contributed by atoms with E-state index in [1.54, 1.807) is 38.5 Å². The number of hydrogen-bond donors (Lipinski definition) is 0. The van der Waals surface area contributed by atoms with Crippen molar-refractivity contribution in [2.75, 3.05) is 20.0 Å². The summed E-state index contributed by atoms with van der Waals surface area (Å²) in [6, 6.07) is 14.5. The Morgan fingerprint density at radius 3 is 2.38 bits per heavy atom. The monoisotopic (exact) mass is 411 g/mol. The van der Waals surface area contributed by atoms with E-state index in [1.165, 1.54) is 36.0 Å². The van der Waals surface area contributed by atoms with Gasteiger partial charge in [-0.1, -0.05) is 11.8 Å². The second kappa shape index (κ2) is 9.16. The highest BCUT2D eigenvalue weighted by molar-refractivity contribution is 7.99. The SMILES string of the molecule is COc1ccc(OC)c(-c2ccc(SCC(=O)c3ccc([N+](=O)[O-])cc3)nn2)c1. The molecule has 0 saturated heterocycles. The number of nitrogens with zero attached hydrogens (tertiary/aromatic N) is 3.